The van der Waals surface area contributed by atoms with Crippen LogP contribution in [0.2, 0.25) is 0 Å². The Morgan fingerprint density at radius 3 is 2.48 bits per heavy atom. The molecular weight excluding hydrogens is 320 g/mol. The molecule has 3 rings (SSSR count). The number of methoxy groups -OCH3 is 1. The van der Waals surface area contributed by atoms with Crippen molar-refractivity contribution in [1.29, 1.82) is 0 Å². The zero-order valence-electron chi connectivity index (χ0n) is 13.9. The normalized spacial score (nSPS) is 18.8. The fourth-order valence-electron chi connectivity index (χ4n) is 2.91. The van der Waals surface area contributed by atoms with Crippen LogP contribution in [-0.2, 0) is 20.9 Å². The smallest absolute Gasteiger partial charge is 0.407 e. The molecule has 1 aliphatic heterocycles. The van der Waals surface area contributed by atoms with Crippen LogP contribution in [-0.4, -0.2) is 25.7 Å². The standard InChI is InChI=1S/C19H20N2O4/c1-24-18(22)17-15-10-6-5-9-14(15)16(11-20-17)21-19(23)25-12-13-7-3-2-4-8-13/h2-10,16-17,20H,11-12H2,1H3,(H,21,23). The van der Waals surface area contributed by atoms with Crippen molar-refractivity contribution in [3.63, 3.8) is 0 Å². The summed E-state index contributed by atoms with van der Waals surface area (Å²) in [7, 11) is 1.36. The summed E-state index contributed by atoms with van der Waals surface area (Å²) in [6, 6.07) is 16.2. The first kappa shape index (κ1) is 17.0. The molecule has 0 spiro atoms. The minimum atomic E-state index is -0.528. The number of hydrogen-bond acceptors (Lipinski definition) is 5. The molecular formula is C19H20N2O4. The number of benzene rings is 2. The quantitative estimate of drug-likeness (QED) is 0.836. The molecule has 0 saturated carbocycles. The minimum absolute atomic E-state index is 0.208. The van der Waals surface area contributed by atoms with Gasteiger partial charge in [0.1, 0.15) is 12.6 Å². The van der Waals surface area contributed by atoms with Gasteiger partial charge >= 0.3 is 12.1 Å². The van der Waals surface area contributed by atoms with E-state index < -0.39 is 12.1 Å². The predicted octanol–water partition coefficient (Wildman–Crippen LogP) is 2.47. The van der Waals surface area contributed by atoms with Gasteiger partial charge in [-0.05, 0) is 16.7 Å². The van der Waals surface area contributed by atoms with E-state index in [4.69, 9.17) is 9.47 Å². The zero-order valence-corrected chi connectivity index (χ0v) is 13.9. The molecule has 130 valence electrons. The van der Waals surface area contributed by atoms with E-state index in [0.29, 0.717) is 6.54 Å². The number of esters is 1. The maximum Gasteiger partial charge on any atom is 0.407 e. The lowest BCUT2D eigenvalue weighted by Crippen LogP contribution is -2.44. The number of hydrogen-bond donors (Lipinski definition) is 2. The Balaban J connectivity index is 1.66. The van der Waals surface area contributed by atoms with Crippen molar-refractivity contribution >= 4 is 12.1 Å². The fraction of sp³-hybridized carbons (Fsp3) is 0.263. The van der Waals surface area contributed by atoms with E-state index in [9.17, 15) is 9.59 Å². The van der Waals surface area contributed by atoms with Crippen molar-refractivity contribution in [3.05, 3.63) is 71.3 Å². The summed E-state index contributed by atoms with van der Waals surface area (Å²) in [5.41, 5.74) is 2.60. The van der Waals surface area contributed by atoms with Crippen LogP contribution in [0.25, 0.3) is 0 Å². The molecule has 2 atom stereocenters. The molecule has 25 heavy (non-hydrogen) atoms. The Hall–Kier alpha value is -2.86. The minimum Gasteiger partial charge on any atom is -0.468 e. The van der Waals surface area contributed by atoms with E-state index in [1.54, 1.807) is 0 Å². The van der Waals surface area contributed by atoms with Crippen LogP contribution in [0.3, 0.4) is 0 Å². The highest BCUT2D eigenvalue weighted by atomic mass is 16.5. The van der Waals surface area contributed by atoms with Gasteiger partial charge in [0.25, 0.3) is 0 Å². The molecule has 6 nitrogen and oxygen atoms in total. The summed E-state index contributed by atoms with van der Waals surface area (Å²) >= 11 is 0. The van der Waals surface area contributed by atoms with Gasteiger partial charge in [-0.3, -0.25) is 5.32 Å². The summed E-state index contributed by atoms with van der Waals surface area (Å²) in [5.74, 6) is -0.349. The highest BCUT2D eigenvalue weighted by Gasteiger charge is 2.32. The van der Waals surface area contributed by atoms with Gasteiger partial charge in [-0.15, -0.1) is 0 Å². The van der Waals surface area contributed by atoms with E-state index >= 15 is 0 Å². The van der Waals surface area contributed by atoms with Crippen LogP contribution in [0, 0.1) is 0 Å². The third-order valence-corrected chi connectivity index (χ3v) is 4.15. The molecule has 1 aliphatic rings. The van der Waals surface area contributed by atoms with Crippen LogP contribution in [0.15, 0.2) is 54.6 Å². The second kappa shape index (κ2) is 7.81. The van der Waals surface area contributed by atoms with Crippen LogP contribution in [0.4, 0.5) is 4.79 Å². The average Bonchev–Trinajstić information content (AvgIpc) is 2.67. The van der Waals surface area contributed by atoms with Gasteiger partial charge in [-0.1, -0.05) is 54.6 Å². The number of nitrogens with one attached hydrogen (secondary N) is 2. The van der Waals surface area contributed by atoms with Crippen molar-refractivity contribution in [2.45, 2.75) is 18.7 Å². The molecule has 2 aromatic rings. The third kappa shape index (κ3) is 3.97. The highest BCUT2D eigenvalue weighted by molar-refractivity contribution is 5.79. The second-order valence-corrected chi connectivity index (χ2v) is 5.75. The van der Waals surface area contributed by atoms with Gasteiger partial charge in [0.05, 0.1) is 13.2 Å². The lowest BCUT2D eigenvalue weighted by molar-refractivity contribution is -0.143. The van der Waals surface area contributed by atoms with Crippen molar-refractivity contribution in [2.24, 2.45) is 0 Å². The topological polar surface area (TPSA) is 76.7 Å². The second-order valence-electron chi connectivity index (χ2n) is 5.75. The summed E-state index contributed by atoms with van der Waals surface area (Å²) in [5, 5.41) is 5.96. The zero-order chi connectivity index (χ0) is 17.6. The van der Waals surface area contributed by atoms with E-state index in [1.807, 2.05) is 54.6 Å². The van der Waals surface area contributed by atoms with Crippen LogP contribution in [0.5, 0.6) is 0 Å². The SMILES string of the molecule is COC(=O)C1NCC(NC(=O)OCc2ccccc2)c2ccccc21. The Morgan fingerprint density at radius 1 is 1.08 bits per heavy atom. The largest absolute Gasteiger partial charge is 0.468 e. The fourth-order valence-corrected chi connectivity index (χ4v) is 2.91. The molecule has 1 heterocycles. The molecule has 2 unspecified atom stereocenters. The van der Waals surface area contributed by atoms with Gasteiger partial charge < -0.3 is 14.8 Å². The lowest BCUT2D eigenvalue weighted by atomic mass is 9.91. The number of amides is 1. The van der Waals surface area contributed by atoms with Crippen molar-refractivity contribution < 1.29 is 19.1 Å². The first-order valence-electron chi connectivity index (χ1n) is 8.06. The number of carbonyl (C=O) groups is 2. The van der Waals surface area contributed by atoms with Gasteiger partial charge in [-0.25, -0.2) is 9.59 Å². The molecule has 2 aromatic carbocycles. The Bertz CT molecular complexity index is 748. The summed E-state index contributed by atoms with van der Waals surface area (Å²) in [4.78, 5) is 24.0. The van der Waals surface area contributed by atoms with Crippen molar-refractivity contribution in [3.8, 4) is 0 Å². The van der Waals surface area contributed by atoms with Crippen molar-refractivity contribution in [2.75, 3.05) is 13.7 Å². The van der Waals surface area contributed by atoms with Crippen molar-refractivity contribution in [1.82, 2.24) is 10.6 Å². The van der Waals surface area contributed by atoms with E-state index in [0.717, 1.165) is 16.7 Å². The maximum atomic E-state index is 12.1. The van der Waals surface area contributed by atoms with Gasteiger partial charge in [0.2, 0.25) is 0 Å². The molecule has 0 aromatic heterocycles. The van der Waals surface area contributed by atoms with E-state index in [2.05, 4.69) is 10.6 Å². The Kier molecular flexibility index (Phi) is 5.30. The molecule has 0 bridgehead atoms. The lowest BCUT2D eigenvalue weighted by Gasteiger charge is -2.31. The third-order valence-electron chi connectivity index (χ3n) is 4.15. The number of carbonyl (C=O) groups excluding carboxylic acids is 2. The van der Waals surface area contributed by atoms with E-state index in [1.165, 1.54) is 7.11 Å². The molecule has 0 saturated heterocycles. The molecule has 0 aliphatic carbocycles. The number of rotatable bonds is 4. The number of ether oxygens (including phenoxy) is 2. The average molecular weight is 340 g/mol. The van der Waals surface area contributed by atoms with Crippen LogP contribution < -0.4 is 10.6 Å². The van der Waals surface area contributed by atoms with E-state index in [-0.39, 0.29) is 18.6 Å². The monoisotopic (exact) mass is 340 g/mol. The van der Waals surface area contributed by atoms with Gasteiger partial charge in [0, 0.05) is 6.54 Å². The molecule has 0 fully saturated rings. The summed E-state index contributed by atoms with van der Waals surface area (Å²) in [6.07, 6.45) is -0.498. The summed E-state index contributed by atoms with van der Waals surface area (Å²) in [6.45, 7) is 0.621. The summed E-state index contributed by atoms with van der Waals surface area (Å²) < 4.78 is 10.1. The van der Waals surface area contributed by atoms with Crippen LogP contribution in [0.1, 0.15) is 28.8 Å². The number of alkyl carbamates (subject to hydrolysis) is 1. The maximum absolute atomic E-state index is 12.1. The molecule has 1 amide bonds. The first-order valence-corrected chi connectivity index (χ1v) is 8.06. The molecule has 2 N–H and O–H groups in total. The Labute approximate surface area is 146 Å². The highest BCUT2D eigenvalue weighted by Crippen LogP contribution is 2.29. The van der Waals surface area contributed by atoms with Crippen LogP contribution >= 0.6 is 0 Å². The Morgan fingerprint density at radius 2 is 1.76 bits per heavy atom. The van der Waals surface area contributed by atoms with Gasteiger partial charge in [-0.2, -0.15) is 0 Å². The number of fused-ring (bicyclic) bond motifs is 1. The predicted molar refractivity (Wildman–Crippen MR) is 91.7 cm³/mol. The molecule has 0 radical (unpaired) electrons. The van der Waals surface area contributed by atoms with Gasteiger partial charge in [0.15, 0.2) is 0 Å². The molecule has 6 heteroatoms. The first-order chi connectivity index (χ1) is 12.2.